The predicted molar refractivity (Wildman–Crippen MR) is 81.1 cm³/mol. The maximum absolute atomic E-state index is 12.1. The van der Waals surface area contributed by atoms with Gasteiger partial charge in [-0.05, 0) is 50.4 Å². The third-order valence-corrected chi connectivity index (χ3v) is 5.06. The lowest BCUT2D eigenvalue weighted by molar-refractivity contribution is 0.0953. The van der Waals surface area contributed by atoms with Crippen molar-refractivity contribution in [1.29, 1.82) is 0 Å². The average Bonchev–Trinajstić information content (AvgIpc) is 2.87. The van der Waals surface area contributed by atoms with Gasteiger partial charge in [-0.15, -0.1) is 11.3 Å². The first-order valence-corrected chi connectivity index (χ1v) is 8.18. The number of likely N-dealkylation sites (N-methyl/N-ethyl adjacent to an activating group) is 1. The van der Waals surface area contributed by atoms with Crippen molar-refractivity contribution >= 4 is 17.2 Å². The summed E-state index contributed by atoms with van der Waals surface area (Å²) in [5.41, 5.74) is 1.41. The third-order valence-electron chi connectivity index (χ3n) is 3.83. The van der Waals surface area contributed by atoms with E-state index in [1.54, 1.807) is 11.3 Å². The smallest absolute Gasteiger partial charge is 0.261 e. The zero-order chi connectivity index (χ0) is 13.7. The van der Waals surface area contributed by atoms with Crippen molar-refractivity contribution in [2.75, 3.05) is 26.2 Å². The van der Waals surface area contributed by atoms with Crippen molar-refractivity contribution in [3.8, 4) is 0 Å². The maximum atomic E-state index is 12.1. The Morgan fingerprint density at radius 2 is 2.05 bits per heavy atom. The minimum absolute atomic E-state index is 0.103. The number of nitrogens with one attached hydrogen (secondary N) is 1. The minimum Gasteiger partial charge on any atom is -0.350 e. The second-order valence-electron chi connectivity index (χ2n) is 5.05. The molecule has 106 valence electrons. The quantitative estimate of drug-likeness (QED) is 0.869. The zero-order valence-electron chi connectivity index (χ0n) is 12.0. The summed E-state index contributed by atoms with van der Waals surface area (Å²) < 4.78 is 0. The SMILES string of the molecule is CCN(CC)CCNC(=O)c1cc2c(s1)CCCC2. The lowest BCUT2D eigenvalue weighted by Gasteiger charge is -2.17. The number of aryl methyl sites for hydroxylation is 2. The standard InChI is InChI=1S/C15H24N2OS/c1-3-17(4-2)10-9-16-15(18)14-11-12-7-5-6-8-13(12)19-14/h11H,3-10H2,1-2H3,(H,16,18). The first-order chi connectivity index (χ1) is 9.24. The molecule has 1 heterocycles. The molecule has 0 aliphatic heterocycles. The lowest BCUT2D eigenvalue weighted by Crippen LogP contribution is -2.34. The molecule has 4 heteroatoms. The summed E-state index contributed by atoms with van der Waals surface area (Å²) in [6.45, 7) is 8.06. The first-order valence-electron chi connectivity index (χ1n) is 7.36. The molecule has 1 aliphatic rings. The van der Waals surface area contributed by atoms with Crippen LogP contribution in [-0.4, -0.2) is 37.0 Å². The van der Waals surface area contributed by atoms with Crippen molar-refractivity contribution in [3.05, 3.63) is 21.4 Å². The molecule has 1 aromatic rings. The van der Waals surface area contributed by atoms with Crippen LogP contribution in [0.1, 0.15) is 46.8 Å². The van der Waals surface area contributed by atoms with Crippen LogP contribution in [0.15, 0.2) is 6.07 Å². The largest absolute Gasteiger partial charge is 0.350 e. The Bertz CT molecular complexity index is 400. The Morgan fingerprint density at radius 3 is 2.74 bits per heavy atom. The van der Waals surface area contributed by atoms with Gasteiger partial charge >= 0.3 is 0 Å². The molecule has 0 fully saturated rings. The minimum atomic E-state index is 0.103. The highest BCUT2D eigenvalue weighted by atomic mass is 32.1. The van der Waals surface area contributed by atoms with Gasteiger partial charge in [0, 0.05) is 18.0 Å². The molecule has 0 bridgehead atoms. The molecule has 3 nitrogen and oxygen atoms in total. The predicted octanol–water partition coefficient (Wildman–Crippen LogP) is 2.70. The fourth-order valence-corrected chi connectivity index (χ4v) is 3.73. The zero-order valence-corrected chi connectivity index (χ0v) is 12.8. The summed E-state index contributed by atoms with van der Waals surface area (Å²) >= 11 is 1.69. The van der Waals surface area contributed by atoms with Gasteiger partial charge in [0.1, 0.15) is 0 Å². The van der Waals surface area contributed by atoms with Crippen molar-refractivity contribution in [2.24, 2.45) is 0 Å². The van der Waals surface area contributed by atoms with Gasteiger partial charge in [-0.25, -0.2) is 0 Å². The summed E-state index contributed by atoms with van der Waals surface area (Å²) in [4.78, 5) is 16.7. The van der Waals surface area contributed by atoms with Crippen LogP contribution in [0.5, 0.6) is 0 Å². The van der Waals surface area contributed by atoms with Crippen LogP contribution < -0.4 is 5.32 Å². The van der Waals surface area contributed by atoms with Crippen LogP contribution in [0.4, 0.5) is 0 Å². The Hall–Kier alpha value is -0.870. The number of rotatable bonds is 6. The molecule has 0 saturated carbocycles. The lowest BCUT2D eigenvalue weighted by atomic mass is 9.99. The molecular formula is C15H24N2OS. The number of fused-ring (bicyclic) bond motifs is 1. The van der Waals surface area contributed by atoms with E-state index < -0.39 is 0 Å². The van der Waals surface area contributed by atoms with Crippen LogP contribution in [0.25, 0.3) is 0 Å². The fourth-order valence-electron chi connectivity index (χ4n) is 2.56. The molecule has 0 aromatic carbocycles. The van der Waals surface area contributed by atoms with Gasteiger partial charge in [0.25, 0.3) is 5.91 Å². The van der Waals surface area contributed by atoms with E-state index in [0.29, 0.717) is 0 Å². The second-order valence-corrected chi connectivity index (χ2v) is 6.19. The van der Waals surface area contributed by atoms with E-state index in [1.165, 1.54) is 23.3 Å². The van der Waals surface area contributed by atoms with Gasteiger partial charge in [-0.1, -0.05) is 13.8 Å². The van der Waals surface area contributed by atoms with Gasteiger partial charge in [-0.2, -0.15) is 0 Å². The van der Waals surface area contributed by atoms with Crippen LogP contribution in [0.3, 0.4) is 0 Å². The highest BCUT2D eigenvalue weighted by Gasteiger charge is 2.16. The topological polar surface area (TPSA) is 32.3 Å². The van der Waals surface area contributed by atoms with E-state index >= 15 is 0 Å². The van der Waals surface area contributed by atoms with Crippen LogP contribution >= 0.6 is 11.3 Å². The van der Waals surface area contributed by atoms with Crippen molar-refractivity contribution in [1.82, 2.24) is 10.2 Å². The van der Waals surface area contributed by atoms with E-state index in [0.717, 1.165) is 43.9 Å². The molecule has 0 unspecified atom stereocenters. The van der Waals surface area contributed by atoms with Crippen LogP contribution in [-0.2, 0) is 12.8 Å². The normalized spacial score (nSPS) is 14.5. The van der Waals surface area contributed by atoms with Gasteiger partial charge in [0.15, 0.2) is 0 Å². The summed E-state index contributed by atoms with van der Waals surface area (Å²) in [7, 11) is 0. The van der Waals surface area contributed by atoms with Gasteiger partial charge in [0.2, 0.25) is 0 Å². The van der Waals surface area contributed by atoms with Crippen molar-refractivity contribution < 1.29 is 4.79 Å². The Kier molecular flexibility index (Phi) is 5.40. The monoisotopic (exact) mass is 280 g/mol. The summed E-state index contributed by atoms with van der Waals surface area (Å²) in [6, 6.07) is 2.10. The summed E-state index contributed by atoms with van der Waals surface area (Å²) in [6.07, 6.45) is 4.86. The second kappa shape index (κ2) is 7.06. The average molecular weight is 280 g/mol. The maximum Gasteiger partial charge on any atom is 0.261 e. The van der Waals surface area contributed by atoms with Crippen LogP contribution in [0, 0.1) is 0 Å². The Balaban J connectivity index is 1.84. The van der Waals surface area contributed by atoms with Gasteiger partial charge < -0.3 is 10.2 Å². The van der Waals surface area contributed by atoms with E-state index in [4.69, 9.17) is 0 Å². The van der Waals surface area contributed by atoms with Gasteiger partial charge in [-0.3, -0.25) is 4.79 Å². The number of hydrogen-bond acceptors (Lipinski definition) is 3. The number of hydrogen-bond donors (Lipinski definition) is 1. The van der Waals surface area contributed by atoms with Crippen LogP contribution in [0.2, 0.25) is 0 Å². The molecule has 0 atom stereocenters. The molecular weight excluding hydrogens is 256 g/mol. The Morgan fingerprint density at radius 1 is 1.32 bits per heavy atom. The van der Waals surface area contributed by atoms with E-state index in [1.807, 2.05) is 0 Å². The molecule has 0 radical (unpaired) electrons. The number of carbonyl (C=O) groups is 1. The molecule has 0 saturated heterocycles. The first kappa shape index (κ1) is 14.5. The highest BCUT2D eigenvalue weighted by molar-refractivity contribution is 7.14. The molecule has 1 aromatic heterocycles. The number of nitrogens with zero attached hydrogens (tertiary/aromatic N) is 1. The van der Waals surface area contributed by atoms with E-state index in [9.17, 15) is 4.79 Å². The number of amides is 1. The number of thiophene rings is 1. The fraction of sp³-hybridized carbons (Fsp3) is 0.667. The van der Waals surface area contributed by atoms with E-state index in [-0.39, 0.29) is 5.91 Å². The summed E-state index contributed by atoms with van der Waals surface area (Å²) in [5, 5.41) is 3.04. The van der Waals surface area contributed by atoms with Crippen molar-refractivity contribution in [3.63, 3.8) is 0 Å². The van der Waals surface area contributed by atoms with E-state index in [2.05, 4.69) is 30.1 Å². The third kappa shape index (κ3) is 3.80. The number of carbonyl (C=O) groups excluding carboxylic acids is 1. The summed E-state index contributed by atoms with van der Waals surface area (Å²) in [5.74, 6) is 0.103. The molecule has 1 aliphatic carbocycles. The molecule has 19 heavy (non-hydrogen) atoms. The van der Waals surface area contributed by atoms with Gasteiger partial charge in [0.05, 0.1) is 4.88 Å². The Labute approximate surface area is 120 Å². The molecule has 2 rings (SSSR count). The molecule has 1 amide bonds. The molecule has 0 spiro atoms. The van der Waals surface area contributed by atoms with Crippen molar-refractivity contribution in [2.45, 2.75) is 39.5 Å². The molecule has 1 N–H and O–H groups in total. The highest BCUT2D eigenvalue weighted by Crippen LogP contribution is 2.29.